The molecule has 5 amide bonds. The molecule has 10 nitrogen and oxygen atoms in total. The molecule has 210 valence electrons. The molecule has 1 fully saturated rings. The summed E-state index contributed by atoms with van der Waals surface area (Å²) in [5, 5.41) is 4.92. The molecular formula is C29H23Cl2N3O7. The molecule has 12 heteroatoms. The molecule has 3 aromatic rings. The maximum Gasteiger partial charge on any atom is 0.337 e. The largest absolute Gasteiger partial charge is 0.481 e. The van der Waals surface area contributed by atoms with Crippen molar-refractivity contribution < 1.29 is 33.4 Å². The lowest BCUT2D eigenvalue weighted by Gasteiger charge is -2.26. The third-order valence-corrected chi connectivity index (χ3v) is 6.54. The molecule has 0 saturated carbocycles. The summed E-state index contributed by atoms with van der Waals surface area (Å²) in [4.78, 5) is 63.1. The van der Waals surface area contributed by atoms with E-state index < -0.39 is 29.7 Å². The van der Waals surface area contributed by atoms with Crippen molar-refractivity contribution in [2.24, 2.45) is 0 Å². The average molecular weight is 596 g/mol. The monoisotopic (exact) mass is 595 g/mol. The number of anilines is 2. The summed E-state index contributed by atoms with van der Waals surface area (Å²) in [5.74, 6) is -2.81. The van der Waals surface area contributed by atoms with Crippen molar-refractivity contribution in [1.29, 1.82) is 0 Å². The molecule has 0 unspecified atom stereocenters. The van der Waals surface area contributed by atoms with E-state index in [9.17, 15) is 24.0 Å². The van der Waals surface area contributed by atoms with E-state index in [2.05, 4.69) is 15.4 Å². The molecule has 0 radical (unpaired) electrons. The molecule has 0 bridgehead atoms. The number of esters is 1. The maximum atomic E-state index is 13.2. The molecule has 2 N–H and O–H groups in total. The van der Waals surface area contributed by atoms with Gasteiger partial charge in [-0.05, 0) is 73.5 Å². The topological polar surface area (TPSA) is 131 Å². The molecule has 0 aromatic heterocycles. The summed E-state index contributed by atoms with van der Waals surface area (Å²) in [6.45, 7) is 3.45. The highest BCUT2D eigenvalue weighted by atomic mass is 35.5. The van der Waals surface area contributed by atoms with Crippen molar-refractivity contribution in [2.75, 3.05) is 23.9 Å². The SMILES string of the molecule is COC(=O)c1ccc(N2C(=O)NC(=O)/C(=C/c3cc(Cl)c(OCC(=O)Nc4ccc(C)cc4C)c(Cl)c3)C2=O)cc1. The summed E-state index contributed by atoms with van der Waals surface area (Å²) < 4.78 is 10.2. The van der Waals surface area contributed by atoms with Gasteiger partial charge in [0.15, 0.2) is 12.4 Å². The van der Waals surface area contributed by atoms with Crippen LogP contribution in [0.15, 0.2) is 60.2 Å². The summed E-state index contributed by atoms with van der Waals surface area (Å²) in [6.07, 6.45) is 1.22. The lowest BCUT2D eigenvalue weighted by molar-refractivity contribution is -0.122. The Morgan fingerprint density at radius 2 is 1.63 bits per heavy atom. The molecule has 4 rings (SSSR count). The summed E-state index contributed by atoms with van der Waals surface area (Å²) in [5.41, 5.74) is 2.83. The lowest BCUT2D eigenvalue weighted by atomic mass is 10.1. The average Bonchev–Trinajstić information content (AvgIpc) is 2.92. The number of amides is 5. The Labute approximate surface area is 244 Å². The number of hydrogen-bond acceptors (Lipinski definition) is 7. The molecule has 1 heterocycles. The van der Waals surface area contributed by atoms with Crippen LogP contribution in [0, 0.1) is 13.8 Å². The van der Waals surface area contributed by atoms with Crippen LogP contribution in [0.3, 0.4) is 0 Å². The number of carbonyl (C=O) groups is 5. The fourth-order valence-electron chi connectivity index (χ4n) is 4.00. The van der Waals surface area contributed by atoms with Crippen LogP contribution in [0.4, 0.5) is 16.2 Å². The van der Waals surface area contributed by atoms with Gasteiger partial charge >= 0.3 is 12.0 Å². The van der Waals surface area contributed by atoms with E-state index in [4.69, 9.17) is 27.9 Å². The minimum absolute atomic E-state index is 0.0265. The number of aryl methyl sites for hydroxylation is 2. The fourth-order valence-corrected chi connectivity index (χ4v) is 4.61. The van der Waals surface area contributed by atoms with Gasteiger partial charge in [-0.15, -0.1) is 0 Å². The second kappa shape index (κ2) is 12.2. The first-order valence-corrected chi connectivity index (χ1v) is 12.8. The highest BCUT2D eigenvalue weighted by Crippen LogP contribution is 2.35. The lowest BCUT2D eigenvalue weighted by Crippen LogP contribution is -2.54. The molecule has 3 aromatic carbocycles. The molecule has 0 atom stereocenters. The second-order valence-corrected chi connectivity index (χ2v) is 9.78. The molecule has 41 heavy (non-hydrogen) atoms. The van der Waals surface area contributed by atoms with Gasteiger partial charge in [0.25, 0.3) is 17.7 Å². The van der Waals surface area contributed by atoms with Gasteiger partial charge < -0.3 is 14.8 Å². The number of halogens is 2. The first-order chi connectivity index (χ1) is 19.5. The third kappa shape index (κ3) is 6.56. The Morgan fingerprint density at radius 1 is 0.976 bits per heavy atom. The number of methoxy groups -OCH3 is 1. The number of carbonyl (C=O) groups excluding carboxylic acids is 5. The fraction of sp³-hybridized carbons (Fsp3) is 0.138. The standard InChI is InChI=1S/C29H23Cl2N3O7/c1-15-4-9-23(16(2)10-15)32-24(35)14-41-25-21(30)12-17(13-22(25)31)11-20-26(36)33-29(39)34(27(20)37)19-7-5-18(6-8-19)28(38)40-3/h4-13H,14H2,1-3H3,(H,32,35)(H,33,36,39)/b20-11-. The number of ether oxygens (including phenoxy) is 2. The molecule has 1 saturated heterocycles. The van der Waals surface area contributed by atoms with Gasteiger partial charge in [-0.2, -0.15) is 0 Å². The number of nitrogens with zero attached hydrogens (tertiary/aromatic N) is 1. The summed E-state index contributed by atoms with van der Waals surface area (Å²) in [7, 11) is 1.22. The molecule has 0 spiro atoms. The van der Waals surface area contributed by atoms with Gasteiger partial charge in [-0.3, -0.25) is 19.7 Å². The Hall–Kier alpha value is -4.67. The zero-order valence-corrected chi connectivity index (χ0v) is 23.6. The van der Waals surface area contributed by atoms with Crippen LogP contribution in [-0.2, 0) is 19.1 Å². The maximum absolute atomic E-state index is 13.2. The molecule has 1 aliphatic rings. The van der Waals surface area contributed by atoms with E-state index in [0.29, 0.717) is 5.69 Å². The summed E-state index contributed by atoms with van der Waals surface area (Å²) in [6, 6.07) is 12.9. The summed E-state index contributed by atoms with van der Waals surface area (Å²) >= 11 is 12.7. The van der Waals surface area contributed by atoms with E-state index in [0.717, 1.165) is 16.0 Å². The normalized spacial score (nSPS) is 14.1. The highest BCUT2D eigenvalue weighted by molar-refractivity contribution is 6.40. The zero-order chi connectivity index (χ0) is 29.8. The minimum Gasteiger partial charge on any atom is -0.481 e. The quantitative estimate of drug-likeness (QED) is 0.221. The van der Waals surface area contributed by atoms with Crippen molar-refractivity contribution in [3.8, 4) is 5.75 Å². The van der Waals surface area contributed by atoms with Crippen LogP contribution in [0.2, 0.25) is 10.0 Å². The van der Waals surface area contributed by atoms with Gasteiger partial charge in [0, 0.05) is 5.69 Å². The van der Waals surface area contributed by atoms with Crippen molar-refractivity contribution in [3.63, 3.8) is 0 Å². The number of urea groups is 1. The minimum atomic E-state index is -0.957. The number of benzene rings is 3. The Morgan fingerprint density at radius 3 is 2.24 bits per heavy atom. The van der Waals surface area contributed by atoms with Gasteiger partial charge in [-0.25, -0.2) is 14.5 Å². The van der Waals surface area contributed by atoms with E-state index in [1.54, 1.807) is 6.07 Å². The van der Waals surface area contributed by atoms with Crippen LogP contribution < -0.4 is 20.3 Å². The van der Waals surface area contributed by atoms with Crippen LogP contribution in [0.1, 0.15) is 27.0 Å². The zero-order valence-electron chi connectivity index (χ0n) is 22.0. The van der Waals surface area contributed by atoms with Crippen LogP contribution in [-0.4, -0.2) is 43.4 Å². The molecule has 1 aliphatic heterocycles. The van der Waals surface area contributed by atoms with Gasteiger partial charge in [-0.1, -0.05) is 40.9 Å². The first-order valence-electron chi connectivity index (χ1n) is 12.1. The van der Waals surface area contributed by atoms with E-state index in [1.165, 1.54) is 49.6 Å². The molecular weight excluding hydrogens is 573 g/mol. The predicted octanol–water partition coefficient (Wildman–Crippen LogP) is 5.08. The van der Waals surface area contributed by atoms with Gasteiger partial charge in [0.2, 0.25) is 0 Å². The Kier molecular flexibility index (Phi) is 8.75. The van der Waals surface area contributed by atoms with E-state index >= 15 is 0 Å². The van der Waals surface area contributed by atoms with Crippen molar-refractivity contribution in [3.05, 3.63) is 92.5 Å². The van der Waals surface area contributed by atoms with Crippen LogP contribution >= 0.6 is 23.2 Å². The van der Waals surface area contributed by atoms with Gasteiger partial charge in [0.05, 0.1) is 28.4 Å². The third-order valence-electron chi connectivity index (χ3n) is 5.98. The number of rotatable bonds is 7. The predicted molar refractivity (Wildman–Crippen MR) is 153 cm³/mol. The van der Waals surface area contributed by atoms with E-state index in [-0.39, 0.29) is 44.8 Å². The van der Waals surface area contributed by atoms with Crippen molar-refractivity contribution in [2.45, 2.75) is 13.8 Å². The number of nitrogens with one attached hydrogen (secondary N) is 2. The highest BCUT2D eigenvalue weighted by Gasteiger charge is 2.37. The second-order valence-electron chi connectivity index (χ2n) is 8.97. The Bertz CT molecular complexity index is 1590. The van der Waals surface area contributed by atoms with Crippen molar-refractivity contribution in [1.82, 2.24) is 5.32 Å². The van der Waals surface area contributed by atoms with Crippen LogP contribution in [0.5, 0.6) is 5.75 Å². The first kappa shape index (κ1) is 29.3. The number of imide groups is 2. The van der Waals surface area contributed by atoms with Crippen LogP contribution in [0.25, 0.3) is 6.08 Å². The smallest absolute Gasteiger partial charge is 0.337 e. The van der Waals surface area contributed by atoms with Crippen molar-refractivity contribution >= 4 is 70.4 Å². The number of hydrogen-bond donors (Lipinski definition) is 2. The van der Waals surface area contributed by atoms with Gasteiger partial charge in [0.1, 0.15) is 5.57 Å². The molecule has 0 aliphatic carbocycles. The van der Waals surface area contributed by atoms with E-state index in [1.807, 2.05) is 26.0 Å². The Balaban J connectivity index is 1.51. The number of barbiturate groups is 1.